The lowest BCUT2D eigenvalue weighted by molar-refractivity contribution is -0.274. The summed E-state index contributed by atoms with van der Waals surface area (Å²) in [4.78, 5) is 11.9. The monoisotopic (exact) mass is 363 g/mol. The number of hydrogen-bond acceptors (Lipinski definition) is 7. The van der Waals surface area contributed by atoms with Crippen LogP contribution in [-0.2, 0) is 0 Å². The number of hydrogen-bond donors (Lipinski definition) is 2. The number of benzene rings is 1. The molecule has 0 radical (unpaired) electrons. The third kappa shape index (κ3) is 4.50. The zero-order chi connectivity index (χ0) is 18.6. The Hall–Kier alpha value is -3.56. The van der Waals surface area contributed by atoms with Gasteiger partial charge in [0, 0.05) is 11.9 Å². The number of anilines is 3. The van der Waals surface area contributed by atoms with Crippen molar-refractivity contribution in [1.29, 1.82) is 0 Å². The van der Waals surface area contributed by atoms with Crippen molar-refractivity contribution in [3.63, 3.8) is 0 Å². The van der Waals surface area contributed by atoms with Gasteiger partial charge in [-0.25, -0.2) is 4.98 Å². The molecule has 0 unspecified atom stereocenters. The Morgan fingerprint density at radius 3 is 2.42 bits per heavy atom. The van der Waals surface area contributed by atoms with Gasteiger partial charge in [0.25, 0.3) is 0 Å². The molecule has 2 heterocycles. The first-order chi connectivity index (χ1) is 12.4. The number of pyridine rings is 1. The average molecular weight is 363 g/mol. The SMILES string of the molecule is Nc1c(Nc2ccc(OC(F)(F)F)cc2)ncnc1Oc1cccnc1. The Balaban J connectivity index is 1.75. The van der Waals surface area contributed by atoms with Gasteiger partial charge < -0.3 is 20.5 Å². The van der Waals surface area contributed by atoms with E-state index in [0.29, 0.717) is 11.4 Å². The predicted octanol–water partition coefficient (Wildman–Crippen LogP) is 3.89. The maximum atomic E-state index is 12.2. The standard InChI is InChI=1S/C16H12F3N5O2/c17-16(18,19)26-11-5-3-10(4-6-11)24-14-13(20)15(23-9-22-14)25-12-2-1-7-21-8-12/h1-9H,20H2,(H,22,23,24). The van der Waals surface area contributed by atoms with Crippen LogP contribution in [0.5, 0.6) is 17.4 Å². The lowest BCUT2D eigenvalue weighted by Crippen LogP contribution is -2.17. The van der Waals surface area contributed by atoms with Crippen molar-refractivity contribution >= 4 is 17.2 Å². The third-order valence-corrected chi connectivity index (χ3v) is 3.05. The van der Waals surface area contributed by atoms with Crippen LogP contribution in [0.3, 0.4) is 0 Å². The summed E-state index contributed by atoms with van der Waals surface area (Å²) in [6, 6.07) is 8.49. The first-order valence-corrected chi connectivity index (χ1v) is 7.22. The van der Waals surface area contributed by atoms with E-state index in [9.17, 15) is 13.2 Å². The van der Waals surface area contributed by atoms with E-state index in [1.54, 1.807) is 18.3 Å². The quantitative estimate of drug-likeness (QED) is 0.710. The highest BCUT2D eigenvalue weighted by Crippen LogP contribution is 2.31. The summed E-state index contributed by atoms with van der Waals surface area (Å²) in [5.74, 6) is 0.465. The first-order valence-electron chi connectivity index (χ1n) is 7.22. The molecule has 3 aromatic rings. The molecule has 3 rings (SSSR count). The molecule has 7 nitrogen and oxygen atoms in total. The van der Waals surface area contributed by atoms with Crippen LogP contribution in [0.25, 0.3) is 0 Å². The van der Waals surface area contributed by atoms with E-state index in [0.717, 1.165) is 0 Å². The maximum Gasteiger partial charge on any atom is 0.573 e. The van der Waals surface area contributed by atoms with Crippen molar-refractivity contribution in [1.82, 2.24) is 15.0 Å². The molecule has 0 saturated heterocycles. The normalized spacial score (nSPS) is 11.0. The van der Waals surface area contributed by atoms with E-state index >= 15 is 0 Å². The summed E-state index contributed by atoms with van der Waals surface area (Å²) >= 11 is 0. The summed E-state index contributed by atoms with van der Waals surface area (Å²) in [7, 11) is 0. The zero-order valence-corrected chi connectivity index (χ0v) is 13.1. The van der Waals surface area contributed by atoms with Crippen LogP contribution >= 0.6 is 0 Å². The van der Waals surface area contributed by atoms with Crippen molar-refractivity contribution < 1.29 is 22.6 Å². The summed E-state index contributed by atoms with van der Waals surface area (Å²) in [5.41, 5.74) is 6.57. The summed E-state index contributed by atoms with van der Waals surface area (Å²) in [5, 5.41) is 2.88. The van der Waals surface area contributed by atoms with E-state index in [4.69, 9.17) is 10.5 Å². The smallest absolute Gasteiger partial charge is 0.435 e. The fourth-order valence-electron chi connectivity index (χ4n) is 1.96. The fraction of sp³-hybridized carbons (Fsp3) is 0.0625. The van der Waals surface area contributed by atoms with Gasteiger partial charge in [-0.05, 0) is 36.4 Å². The summed E-state index contributed by atoms with van der Waals surface area (Å²) in [6.07, 6.45) is -0.417. The lowest BCUT2D eigenvalue weighted by Gasteiger charge is -2.12. The van der Waals surface area contributed by atoms with E-state index in [-0.39, 0.29) is 23.1 Å². The molecule has 2 aromatic heterocycles. The molecule has 0 aliphatic heterocycles. The highest BCUT2D eigenvalue weighted by atomic mass is 19.4. The number of rotatable bonds is 5. The second-order valence-corrected chi connectivity index (χ2v) is 4.93. The average Bonchev–Trinajstić information content (AvgIpc) is 2.60. The molecule has 3 N–H and O–H groups in total. The maximum absolute atomic E-state index is 12.2. The van der Waals surface area contributed by atoms with Gasteiger partial charge in [-0.3, -0.25) is 4.98 Å². The van der Waals surface area contributed by atoms with Crippen LogP contribution in [0.15, 0.2) is 55.1 Å². The second kappa shape index (κ2) is 7.13. The first kappa shape index (κ1) is 17.3. The van der Waals surface area contributed by atoms with Crippen molar-refractivity contribution in [3.8, 4) is 17.4 Å². The number of halogens is 3. The molecule has 0 bridgehead atoms. The van der Waals surface area contributed by atoms with Gasteiger partial charge in [0.15, 0.2) is 5.82 Å². The third-order valence-electron chi connectivity index (χ3n) is 3.05. The van der Waals surface area contributed by atoms with Gasteiger partial charge in [0.05, 0.1) is 6.20 Å². The highest BCUT2D eigenvalue weighted by Gasteiger charge is 2.30. The van der Waals surface area contributed by atoms with Gasteiger partial charge >= 0.3 is 6.36 Å². The second-order valence-electron chi connectivity index (χ2n) is 4.93. The number of nitrogen functional groups attached to an aromatic ring is 1. The lowest BCUT2D eigenvalue weighted by atomic mass is 10.3. The molecule has 26 heavy (non-hydrogen) atoms. The number of nitrogens with zero attached hydrogens (tertiary/aromatic N) is 3. The number of ether oxygens (including phenoxy) is 2. The predicted molar refractivity (Wildman–Crippen MR) is 87.2 cm³/mol. The van der Waals surface area contributed by atoms with Crippen LogP contribution in [0, 0.1) is 0 Å². The summed E-state index contributed by atoms with van der Waals surface area (Å²) in [6.45, 7) is 0. The molecule has 0 aliphatic carbocycles. The zero-order valence-electron chi connectivity index (χ0n) is 13.1. The minimum absolute atomic E-state index is 0.118. The molecule has 10 heteroatoms. The molecule has 0 amide bonds. The molecule has 0 fully saturated rings. The van der Waals surface area contributed by atoms with Crippen molar-refractivity contribution in [2.24, 2.45) is 0 Å². The van der Waals surface area contributed by atoms with Crippen LogP contribution in [0.1, 0.15) is 0 Å². The number of alkyl halides is 3. The van der Waals surface area contributed by atoms with Crippen LogP contribution in [-0.4, -0.2) is 21.3 Å². The summed E-state index contributed by atoms with van der Waals surface area (Å²) < 4.78 is 45.9. The van der Waals surface area contributed by atoms with Crippen molar-refractivity contribution in [3.05, 3.63) is 55.1 Å². The van der Waals surface area contributed by atoms with E-state index in [1.165, 1.54) is 36.8 Å². The van der Waals surface area contributed by atoms with Gasteiger partial charge in [-0.2, -0.15) is 4.98 Å². The van der Waals surface area contributed by atoms with Gasteiger partial charge in [-0.1, -0.05) is 0 Å². The van der Waals surface area contributed by atoms with Crippen molar-refractivity contribution in [2.75, 3.05) is 11.1 Å². The number of aromatic nitrogens is 3. The Labute approximate surface area is 145 Å². The Kier molecular flexibility index (Phi) is 4.74. The molecular weight excluding hydrogens is 351 g/mol. The minimum atomic E-state index is -4.75. The highest BCUT2D eigenvalue weighted by molar-refractivity contribution is 5.72. The Morgan fingerprint density at radius 1 is 1.00 bits per heavy atom. The minimum Gasteiger partial charge on any atom is -0.435 e. The molecule has 0 saturated carbocycles. The Morgan fingerprint density at radius 2 is 1.77 bits per heavy atom. The van der Waals surface area contributed by atoms with Gasteiger partial charge in [0.2, 0.25) is 5.88 Å². The van der Waals surface area contributed by atoms with Crippen molar-refractivity contribution in [2.45, 2.75) is 6.36 Å². The number of nitrogens with two attached hydrogens (primary N) is 1. The van der Waals surface area contributed by atoms with Gasteiger partial charge in [-0.15, -0.1) is 13.2 Å². The van der Waals surface area contributed by atoms with Crippen LogP contribution < -0.4 is 20.5 Å². The Bertz CT molecular complexity index is 873. The number of nitrogens with one attached hydrogen (secondary N) is 1. The van der Waals surface area contributed by atoms with Crippen LogP contribution in [0.4, 0.5) is 30.4 Å². The van der Waals surface area contributed by atoms with E-state index in [2.05, 4.69) is 25.0 Å². The topological polar surface area (TPSA) is 95.2 Å². The molecule has 134 valence electrons. The molecular formula is C16H12F3N5O2. The van der Waals surface area contributed by atoms with E-state index in [1.807, 2.05) is 0 Å². The van der Waals surface area contributed by atoms with E-state index < -0.39 is 6.36 Å². The molecule has 1 aromatic carbocycles. The molecule has 0 atom stereocenters. The molecule has 0 aliphatic rings. The fourth-order valence-corrected chi connectivity index (χ4v) is 1.96. The molecule has 0 spiro atoms. The largest absolute Gasteiger partial charge is 0.573 e. The van der Waals surface area contributed by atoms with Gasteiger partial charge in [0.1, 0.15) is 23.5 Å². The van der Waals surface area contributed by atoms with Crippen LogP contribution in [0.2, 0.25) is 0 Å².